The number of thiophene rings is 1. The maximum Gasteiger partial charge on any atom is 0.387 e. The molecule has 7 heteroatoms. The lowest BCUT2D eigenvalue weighted by atomic mass is 10.1. The SMILES string of the molecule is O=C(c1sccc1OC(F)F)N1CCCN(CCCc2ccccc2)CC1. The van der Waals surface area contributed by atoms with Crippen LogP contribution in [0.4, 0.5) is 8.78 Å². The quantitative estimate of drug-likeness (QED) is 0.708. The highest BCUT2D eigenvalue weighted by Crippen LogP contribution is 2.28. The Morgan fingerprint density at radius 2 is 1.93 bits per heavy atom. The lowest BCUT2D eigenvalue weighted by molar-refractivity contribution is -0.0499. The fraction of sp³-hybridized carbons (Fsp3) is 0.450. The summed E-state index contributed by atoms with van der Waals surface area (Å²) in [5, 5.41) is 1.61. The second-order valence-corrected chi connectivity index (χ2v) is 7.49. The van der Waals surface area contributed by atoms with Crippen molar-refractivity contribution in [2.75, 3.05) is 32.7 Å². The number of benzene rings is 1. The number of rotatable bonds is 7. The van der Waals surface area contributed by atoms with Gasteiger partial charge in [-0.1, -0.05) is 30.3 Å². The van der Waals surface area contributed by atoms with Crippen molar-refractivity contribution in [3.63, 3.8) is 0 Å². The standard InChI is InChI=1S/C20H24F2N2O2S/c21-20(22)26-17-9-15-27-18(17)19(25)24-12-5-11-23(13-14-24)10-4-8-16-6-2-1-3-7-16/h1-3,6-7,9,15,20H,4-5,8,10-14H2. The van der Waals surface area contributed by atoms with E-state index in [1.165, 1.54) is 11.6 Å². The zero-order valence-corrected chi connectivity index (χ0v) is 16.0. The first-order valence-electron chi connectivity index (χ1n) is 9.21. The number of carbonyl (C=O) groups excluding carboxylic acids is 1. The van der Waals surface area contributed by atoms with E-state index < -0.39 is 6.61 Å². The monoisotopic (exact) mass is 394 g/mol. The number of ether oxygens (including phenoxy) is 1. The van der Waals surface area contributed by atoms with E-state index in [0.717, 1.165) is 50.2 Å². The Labute approximate surface area is 162 Å². The van der Waals surface area contributed by atoms with Crippen molar-refractivity contribution in [1.29, 1.82) is 0 Å². The summed E-state index contributed by atoms with van der Waals surface area (Å²) in [7, 11) is 0. The molecular formula is C20H24F2N2O2S. The van der Waals surface area contributed by atoms with Gasteiger partial charge in [-0.15, -0.1) is 11.3 Å². The molecule has 0 unspecified atom stereocenters. The Hall–Kier alpha value is -1.99. The molecule has 1 saturated heterocycles. The zero-order valence-electron chi connectivity index (χ0n) is 15.2. The van der Waals surface area contributed by atoms with Crippen LogP contribution in [0.2, 0.25) is 0 Å². The Kier molecular flexibility index (Phi) is 7.18. The van der Waals surface area contributed by atoms with Gasteiger partial charge in [0.15, 0.2) is 0 Å². The summed E-state index contributed by atoms with van der Waals surface area (Å²) in [5.41, 5.74) is 1.34. The fourth-order valence-electron chi connectivity index (χ4n) is 3.33. The third-order valence-corrected chi connectivity index (χ3v) is 5.58. The van der Waals surface area contributed by atoms with Crippen LogP contribution in [0.15, 0.2) is 41.8 Å². The number of amides is 1. The smallest absolute Gasteiger partial charge is 0.387 e. The van der Waals surface area contributed by atoms with Crippen LogP contribution < -0.4 is 4.74 Å². The van der Waals surface area contributed by atoms with E-state index >= 15 is 0 Å². The molecule has 0 atom stereocenters. The van der Waals surface area contributed by atoms with Gasteiger partial charge in [-0.25, -0.2) is 0 Å². The zero-order chi connectivity index (χ0) is 19.1. The molecule has 146 valence electrons. The summed E-state index contributed by atoms with van der Waals surface area (Å²) in [6.45, 7) is 1.07. The normalized spacial score (nSPS) is 15.7. The highest BCUT2D eigenvalue weighted by molar-refractivity contribution is 7.12. The lowest BCUT2D eigenvalue weighted by Gasteiger charge is -2.22. The van der Waals surface area contributed by atoms with E-state index in [1.807, 2.05) is 6.07 Å². The maximum atomic E-state index is 12.7. The van der Waals surface area contributed by atoms with Crippen molar-refractivity contribution in [3.8, 4) is 5.75 Å². The Morgan fingerprint density at radius 3 is 2.70 bits per heavy atom. The van der Waals surface area contributed by atoms with E-state index in [2.05, 4.69) is 33.9 Å². The van der Waals surface area contributed by atoms with Crippen LogP contribution in [0.1, 0.15) is 28.1 Å². The number of hydrogen-bond acceptors (Lipinski definition) is 4. The molecule has 2 heterocycles. The minimum Gasteiger partial charge on any atom is -0.433 e. The van der Waals surface area contributed by atoms with Crippen LogP contribution in [-0.2, 0) is 6.42 Å². The third-order valence-electron chi connectivity index (χ3n) is 4.70. The molecule has 2 aromatic rings. The molecule has 0 spiro atoms. The van der Waals surface area contributed by atoms with Crippen molar-refractivity contribution in [2.45, 2.75) is 25.9 Å². The van der Waals surface area contributed by atoms with E-state index in [1.54, 1.807) is 10.3 Å². The number of nitrogens with zero attached hydrogens (tertiary/aromatic N) is 2. The molecule has 0 aliphatic carbocycles. The number of hydrogen-bond donors (Lipinski definition) is 0. The first kappa shape index (κ1) is 19.8. The summed E-state index contributed by atoms with van der Waals surface area (Å²) in [4.78, 5) is 17.1. The molecule has 4 nitrogen and oxygen atoms in total. The van der Waals surface area contributed by atoms with E-state index in [0.29, 0.717) is 13.1 Å². The van der Waals surface area contributed by atoms with Crippen molar-refractivity contribution >= 4 is 17.2 Å². The fourth-order valence-corrected chi connectivity index (χ4v) is 4.12. The predicted octanol–water partition coefficient (Wildman–Crippen LogP) is 4.13. The summed E-state index contributed by atoms with van der Waals surface area (Å²) in [6.07, 6.45) is 3.01. The highest BCUT2D eigenvalue weighted by atomic mass is 32.1. The molecule has 27 heavy (non-hydrogen) atoms. The number of carbonyl (C=O) groups is 1. The first-order chi connectivity index (χ1) is 13.1. The summed E-state index contributed by atoms with van der Waals surface area (Å²) < 4.78 is 29.4. The molecule has 1 fully saturated rings. The maximum absolute atomic E-state index is 12.7. The Morgan fingerprint density at radius 1 is 1.11 bits per heavy atom. The van der Waals surface area contributed by atoms with Crippen LogP contribution in [0.5, 0.6) is 5.75 Å². The molecule has 1 amide bonds. The van der Waals surface area contributed by atoms with Crippen molar-refractivity contribution < 1.29 is 18.3 Å². The van der Waals surface area contributed by atoms with Gasteiger partial charge < -0.3 is 14.5 Å². The molecule has 3 rings (SSSR count). The van der Waals surface area contributed by atoms with Gasteiger partial charge >= 0.3 is 6.61 Å². The van der Waals surface area contributed by atoms with Crippen LogP contribution in [0, 0.1) is 0 Å². The molecular weight excluding hydrogens is 370 g/mol. The lowest BCUT2D eigenvalue weighted by Crippen LogP contribution is -2.35. The molecule has 0 saturated carbocycles. The minimum absolute atomic E-state index is 0.0241. The van der Waals surface area contributed by atoms with Gasteiger partial charge in [0.25, 0.3) is 5.91 Å². The summed E-state index contributed by atoms with van der Waals surface area (Å²) in [6, 6.07) is 11.8. The van der Waals surface area contributed by atoms with E-state index in [9.17, 15) is 13.6 Å². The van der Waals surface area contributed by atoms with Crippen molar-refractivity contribution in [3.05, 3.63) is 52.2 Å². The minimum atomic E-state index is -2.92. The number of aryl methyl sites for hydroxylation is 1. The van der Waals surface area contributed by atoms with Gasteiger partial charge in [-0.2, -0.15) is 8.78 Å². The Balaban J connectivity index is 1.49. The largest absolute Gasteiger partial charge is 0.433 e. The van der Waals surface area contributed by atoms with Crippen LogP contribution in [0.3, 0.4) is 0 Å². The van der Waals surface area contributed by atoms with Gasteiger partial charge in [-0.05, 0) is 49.4 Å². The molecule has 1 aromatic carbocycles. The van der Waals surface area contributed by atoms with Crippen LogP contribution in [-0.4, -0.2) is 55.0 Å². The molecule has 0 N–H and O–H groups in total. The van der Waals surface area contributed by atoms with Gasteiger partial charge in [-0.3, -0.25) is 4.79 Å². The molecule has 1 aliphatic heterocycles. The summed E-state index contributed by atoms with van der Waals surface area (Å²) in [5.74, 6) is -0.240. The highest BCUT2D eigenvalue weighted by Gasteiger charge is 2.24. The molecule has 1 aromatic heterocycles. The van der Waals surface area contributed by atoms with Crippen molar-refractivity contribution in [2.24, 2.45) is 0 Å². The van der Waals surface area contributed by atoms with Crippen LogP contribution >= 0.6 is 11.3 Å². The van der Waals surface area contributed by atoms with Gasteiger partial charge in [0.1, 0.15) is 10.6 Å². The first-order valence-corrected chi connectivity index (χ1v) is 10.1. The average molecular weight is 394 g/mol. The second kappa shape index (κ2) is 9.80. The van der Waals surface area contributed by atoms with Crippen molar-refractivity contribution in [1.82, 2.24) is 9.80 Å². The Bertz CT molecular complexity index is 724. The van der Waals surface area contributed by atoms with Gasteiger partial charge in [0.05, 0.1) is 0 Å². The molecule has 0 radical (unpaired) electrons. The second-order valence-electron chi connectivity index (χ2n) is 6.57. The van der Waals surface area contributed by atoms with E-state index in [-0.39, 0.29) is 16.5 Å². The average Bonchev–Trinajstić information content (AvgIpc) is 2.98. The third kappa shape index (κ3) is 5.74. The predicted molar refractivity (Wildman–Crippen MR) is 103 cm³/mol. The number of halogens is 2. The van der Waals surface area contributed by atoms with Gasteiger partial charge in [0, 0.05) is 19.6 Å². The molecule has 0 bridgehead atoms. The summed E-state index contributed by atoms with van der Waals surface area (Å²) >= 11 is 1.15. The van der Waals surface area contributed by atoms with Crippen LogP contribution in [0.25, 0.3) is 0 Å². The van der Waals surface area contributed by atoms with Gasteiger partial charge in [0.2, 0.25) is 0 Å². The molecule has 1 aliphatic rings. The van der Waals surface area contributed by atoms with E-state index in [4.69, 9.17) is 0 Å². The topological polar surface area (TPSA) is 32.8 Å². The number of alkyl halides is 2.